The molecular formula is C38H33O3P3. The number of benzene rings is 6. The second-order valence-electron chi connectivity index (χ2n) is 10.2. The molecule has 0 saturated heterocycles. The third kappa shape index (κ3) is 6.17. The van der Waals surface area contributed by atoms with E-state index in [4.69, 9.17) is 9.05 Å². The van der Waals surface area contributed by atoms with Gasteiger partial charge in [0, 0.05) is 13.8 Å². The lowest BCUT2D eigenvalue weighted by Gasteiger charge is -2.28. The Kier molecular flexibility index (Phi) is 9.74. The highest BCUT2D eigenvalue weighted by atomic mass is 31.2. The van der Waals surface area contributed by atoms with Crippen molar-refractivity contribution in [3.05, 3.63) is 182 Å². The predicted octanol–water partition coefficient (Wildman–Crippen LogP) is 6.92. The van der Waals surface area contributed by atoms with Gasteiger partial charge in [0.2, 0.25) is 0 Å². The molecule has 6 rings (SSSR count). The van der Waals surface area contributed by atoms with Crippen LogP contribution in [0.1, 0.15) is 0 Å². The summed E-state index contributed by atoms with van der Waals surface area (Å²) in [5.74, 6) is 3.60. The van der Waals surface area contributed by atoms with Gasteiger partial charge in [-0.2, -0.15) is 0 Å². The van der Waals surface area contributed by atoms with E-state index in [9.17, 15) is 4.57 Å². The second-order valence-corrected chi connectivity index (χ2v) is 17.5. The molecule has 0 unspecified atom stereocenters. The molecule has 6 aromatic carbocycles. The van der Waals surface area contributed by atoms with Gasteiger partial charge in [0.1, 0.15) is 0 Å². The quantitative estimate of drug-likeness (QED) is 0.154. The fourth-order valence-electron chi connectivity index (χ4n) is 5.51. The molecule has 6 heteroatoms. The monoisotopic (exact) mass is 630 g/mol. The van der Waals surface area contributed by atoms with Crippen LogP contribution in [-0.4, -0.2) is 12.0 Å². The molecule has 218 valence electrons. The van der Waals surface area contributed by atoms with Crippen LogP contribution in [0.5, 0.6) is 0 Å². The summed E-state index contributed by atoms with van der Waals surface area (Å²) < 4.78 is 26.3. The third-order valence-electron chi connectivity index (χ3n) is 7.59. The van der Waals surface area contributed by atoms with Crippen molar-refractivity contribution < 1.29 is 13.6 Å². The minimum absolute atomic E-state index is 1.11. The lowest BCUT2D eigenvalue weighted by Crippen LogP contribution is -2.27. The topological polar surface area (TPSA) is 35.5 Å². The molecule has 6 aromatic rings. The van der Waals surface area contributed by atoms with Crippen LogP contribution < -0.4 is 31.8 Å². The first-order chi connectivity index (χ1) is 21.7. The molecule has 0 saturated carbocycles. The summed E-state index contributed by atoms with van der Waals surface area (Å²) in [6.45, 7) is -4.90. The Hall–Kier alpha value is -3.93. The van der Waals surface area contributed by atoms with Crippen LogP contribution in [-0.2, 0) is 13.6 Å². The Morgan fingerprint density at radius 1 is 0.341 bits per heavy atom. The first-order valence-electron chi connectivity index (χ1n) is 14.4. The molecule has 0 aliphatic heterocycles. The van der Waals surface area contributed by atoms with E-state index in [2.05, 4.69) is 72.8 Å². The lowest BCUT2D eigenvalue weighted by atomic mass is 10.4. The summed E-state index contributed by atoms with van der Waals surface area (Å²) in [6.07, 6.45) is 0. The standard InChI is InChI=1S/C38H33O3P3/c39-42(40-31-43(33-19-7-1-8-20-33,34-21-9-2-10-22-34)35-23-11-3-12-24-35)41-32-44(36-25-13-4-14-26-36,37-27-15-5-16-28-37)38-29-17-6-18-30-38/h1-32,42H. The molecule has 0 amide bonds. The van der Waals surface area contributed by atoms with Crippen LogP contribution in [0, 0.1) is 0 Å². The Morgan fingerprint density at radius 3 is 0.705 bits per heavy atom. The molecule has 0 aliphatic rings. The van der Waals surface area contributed by atoms with Gasteiger partial charge in [-0.15, -0.1) is 0 Å². The molecule has 0 fully saturated rings. The Balaban J connectivity index is 1.49. The number of hydrogen-bond acceptors (Lipinski definition) is 3. The van der Waals surface area contributed by atoms with E-state index in [1.165, 1.54) is 0 Å². The Bertz CT molecular complexity index is 1560. The molecule has 3 nitrogen and oxygen atoms in total. The van der Waals surface area contributed by atoms with Gasteiger partial charge in [-0.3, -0.25) is 13.6 Å². The average Bonchev–Trinajstić information content (AvgIpc) is 3.12. The molecule has 0 N–H and O–H groups in total. The molecule has 0 aliphatic carbocycles. The maximum absolute atomic E-state index is 13.8. The molecule has 0 bridgehead atoms. The van der Waals surface area contributed by atoms with Crippen molar-refractivity contribution in [3.8, 4) is 0 Å². The summed E-state index contributed by atoms with van der Waals surface area (Å²) in [4.78, 5) is 0. The molecule has 44 heavy (non-hydrogen) atoms. The van der Waals surface area contributed by atoms with Crippen LogP contribution in [0.2, 0.25) is 0 Å². The molecule has 0 heterocycles. The fraction of sp³-hybridized carbons (Fsp3) is 0. The zero-order valence-electron chi connectivity index (χ0n) is 24.1. The fourth-order valence-corrected chi connectivity index (χ4v) is 13.9. The first kappa shape index (κ1) is 30.1. The van der Waals surface area contributed by atoms with Crippen LogP contribution in [0.3, 0.4) is 0 Å². The highest BCUT2D eigenvalue weighted by Gasteiger charge is 2.28. The minimum atomic E-state index is -3.00. The molecule has 0 atom stereocenters. The van der Waals surface area contributed by atoms with Crippen molar-refractivity contribution in [1.82, 2.24) is 0 Å². The van der Waals surface area contributed by atoms with E-state index in [1.807, 2.05) is 109 Å². The zero-order valence-corrected chi connectivity index (χ0v) is 26.9. The minimum Gasteiger partial charge on any atom is -0.280 e. The van der Waals surface area contributed by atoms with Crippen molar-refractivity contribution in [1.29, 1.82) is 0 Å². The molecule has 0 radical (unpaired) electrons. The van der Waals surface area contributed by atoms with E-state index in [1.54, 1.807) is 12.0 Å². The van der Waals surface area contributed by atoms with Crippen molar-refractivity contribution in [2.75, 3.05) is 0 Å². The highest BCUT2D eigenvalue weighted by Crippen LogP contribution is 2.47. The summed E-state index contributed by atoms with van der Waals surface area (Å²) in [5, 5.41) is 6.64. The summed E-state index contributed by atoms with van der Waals surface area (Å²) in [5.41, 5.74) is 0. The van der Waals surface area contributed by atoms with E-state index in [0.717, 1.165) is 31.8 Å². The van der Waals surface area contributed by atoms with Gasteiger partial charge in [-0.05, 0) is 31.8 Å². The zero-order chi connectivity index (χ0) is 30.1. The van der Waals surface area contributed by atoms with Gasteiger partial charge < -0.3 is 0 Å². The summed E-state index contributed by atoms with van der Waals surface area (Å²) >= 11 is 0. The maximum Gasteiger partial charge on any atom is 0.328 e. The molecule has 0 spiro atoms. The Labute approximate surface area is 260 Å². The maximum atomic E-state index is 13.8. The summed E-state index contributed by atoms with van der Waals surface area (Å²) in [6, 6.07) is 61.9. The predicted molar refractivity (Wildman–Crippen MR) is 194 cm³/mol. The first-order valence-corrected chi connectivity index (χ1v) is 19.3. The lowest BCUT2D eigenvalue weighted by molar-refractivity contribution is 0.427. The van der Waals surface area contributed by atoms with Crippen LogP contribution in [0.4, 0.5) is 0 Å². The van der Waals surface area contributed by atoms with Gasteiger partial charge in [0.25, 0.3) is 0 Å². The normalized spacial score (nSPS) is 11.7. The second kappa shape index (κ2) is 14.2. The average molecular weight is 631 g/mol. The third-order valence-corrected chi connectivity index (χ3v) is 16.1. The van der Waals surface area contributed by atoms with Gasteiger partial charge in [-0.25, -0.2) is 0 Å². The van der Waals surface area contributed by atoms with Gasteiger partial charge >= 0.3 is 8.25 Å². The van der Waals surface area contributed by atoms with Crippen molar-refractivity contribution >= 4 is 65.8 Å². The van der Waals surface area contributed by atoms with Crippen molar-refractivity contribution in [3.63, 3.8) is 0 Å². The Morgan fingerprint density at radius 2 is 0.523 bits per heavy atom. The summed E-state index contributed by atoms with van der Waals surface area (Å²) in [7, 11) is -3.00. The van der Waals surface area contributed by atoms with Crippen LogP contribution in [0.25, 0.3) is 0 Å². The van der Waals surface area contributed by atoms with E-state index in [-0.39, 0.29) is 0 Å². The number of rotatable bonds is 10. The number of hydrogen-bond donors (Lipinski definition) is 0. The van der Waals surface area contributed by atoms with E-state index in [0.29, 0.717) is 0 Å². The molecule has 0 aromatic heterocycles. The van der Waals surface area contributed by atoms with Crippen molar-refractivity contribution in [2.45, 2.75) is 0 Å². The van der Waals surface area contributed by atoms with Crippen LogP contribution in [0.15, 0.2) is 182 Å². The largest absolute Gasteiger partial charge is 0.328 e. The smallest absolute Gasteiger partial charge is 0.280 e. The van der Waals surface area contributed by atoms with Gasteiger partial charge in [0.05, 0.1) is 12.0 Å². The van der Waals surface area contributed by atoms with Gasteiger partial charge in [0.15, 0.2) is 0 Å². The van der Waals surface area contributed by atoms with E-state index >= 15 is 0 Å². The SMILES string of the molecule is O=[PH](OC=P(c1ccccc1)(c1ccccc1)c1ccccc1)OC=P(c1ccccc1)(c1ccccc1)c1ccccc1. The van der Waals surface area contributed by atoms with Crippen molar-refractivity contribution in [2.24, 2.45) is 0 Å². The molecular weight excluding hydrogens is 597 g/mol. The van der Waals surface area contributed by atoms with Crippen LogP contribution >= 0.6 is 22.0 Å². The highest BCUT2D eigenvalue weighted by molar-refractivity contribution is 7.95. The van der Waals surface area contributed by atoms with Gasteiger partial charge in [-0.1, -0.05) is 182 Å². The van der Waals surface area contributed by atoms with E-state index < -0.39 is 22.0 Å².